The predicted octanol–water partition coefficient (Wildman–Crippen LogP) is 3.22. The van der Waals surface area contributed by atoms with Crippen LogP contribution in [0.25, 0.3) is 0 Å². The minimum Gasteiger partial charge on any atom is -0.497 e. The molecular weight excluding hydrogens is 330 g/mol. The average Bonchev–Trinajstić information content (AvgIpc) is 3.18. The second-order valence-electron chi connectivity index (χ2n) is 6.76. The maximum absolute atomic E-state index is 13.0. The van der Waals surface area contributed by atoms with Crippen molar-refractivity contribution in [1.29, 1.82) is 0 Å². The molecule has 0 aromatic heterocycles. The Labute approximate surface area is 154 Å². The van der Waals surface area contributed by atoms with Crippen LogP contribution in [0.15, 0.2) is 48.5 Å². The highest BCUT2D eigenvalue weighted by atomic mass is 16.5. The van der Waals surface area contributed by atoms with Crippen molar-refractivity contribution in [1.82, 2.24) is 4.90 Å². The summed E-state index contributed by atoms with van der Waals surface area (Å²) in [5, 5.41) is 11.3. The van der Waals surface area contributed by atoms with Crippen LogP contribution in [0.5, 0.6) is 11.5 Å². The van der Waals surface area contributed by atoms with Crippen molar-refractivity contribution in [3.8, 4) is 11.5 Å². The zero-order chi connectivity index (χ0) is 18.7. The number of hydrogen-bond acceptors (Lipinski definition) is 4. The summed E-state index contributed by atoms with van der Waals surface area (Å²) in [4.78, 5) is 14.8. The fourth-order valence-electron chi connectivity index (χ4n) is 3.64. The molecule has 26 heavy (non-hydrogen) atoms. The second-order valence-corrected chi connectivity index (χ2v) is 6.76. The first kappa shape index (κ1) is 18.3. The molecule has 0 aliphatic carbocycles. The van der Waals surface area contributed by atoms with E-state index in [4.69, 9.17) is 9.47 Å². The summed E-state index contributed by atoms with van der Waals surface area (Å²) in [5.41, 5.74) is 0.201. The number of ether oxygens (including phenoxy) is 2. The van der Waals surface area contributed by atoms with Crippen LogP contribution >= 0.6 is 0 Å². The summed E-state index contributed by atoms with van der Waals surface area (Å²) in [7, 11) is 3.19. The molecule has 138 valence electrons. The van der Waals surface area contributed by atoms with Gasteiger partial charge in [-0.1, -0.05) is 18.2 Å². The number of rotatable bonds is 5. The van der Waals surface area contributed by atoms with Crippen LogP contribution in [-0.4, -0.2) is 42.7 Å². The zero-order valence-electron chi connectivity index (χ0n) is 15.4. The van der Waals surface area contributed by atoms with E-state index in [0.29, 0.717) is 17.9 Å². The van der Waals surface area contributed by atoms with Gasteiger partial charge in [0, 0.05) is 12.1 Å². The van der Waals surface area contributed by atoms with Crippen LogP contribution in [0.2, 0.25) is 0 Å². The molecule has 2 aromatic rings. The molecule has 1 amide bonds. The number of carbonyl (C=O) groups is 1. The van der Waals surface area contributed by atoms with Crippen molar-refractivity contribution in [2.45, 2.75) is 31.4 Å². The van der Waals surface area contributed by atoms with Crippen LogP contribution in [0.3, 0.4) is 0 Å². The number of nitrogens with zero attached hydrogens (tertiary/aromatic N) is 1. The van der Waals surface area contributed by atoms with Gasteiger partial charge in [0.05, 0.1) is 20.3 Å². The Bertz CT molecular complexity index is 770. The van der Waals surface area contributed by atoms with Crippen molar-refractivity contribution < 1.29 is 19.4 Å². The van der Waals surface area contributed by atoms with Crippen molar-refractivity contribution in [3.05, 3.63) is 59.7 Å². The van der Waals surface area contributed by atoms with Gasteiger partial charge in [-0.25, -0.2) is 0 Å². The molecule has 1 saturated heterocycles. The molecule has 0 radical (unpaired) electrons. The summed E-state index contributed by atoms with van der Waals surface area (Å²) in [6.07, 6.45) is 1.63. The van der Waals surface area contributed by atoms with Crippen molar-refractivity contribution in [2.24, 2.45) is 0 Å². The van der Waals surface area contributed by atoms with E-state index in [9.17, 15) is 9.90 Å². The smallest absolute Gasteiger partial charge is 0.254 e. The van der Waals surface area contributed by atoms with E-state index in [1.165, 1.54) is 0 Å². The van der Waals surface area contributed by atoms with Crippen molar-refractivity contribution >= 4 is 5.91 Å². The van der Waals surface area contributed by atoms with E-state index in [1.807, 2.05) is 30.3 Å². The van der Waals surface area contributed by atoms with E-state index in [1.54, 1.807) is 44.2 Å². The minimum atomic E-state index is -1.14. The molecule has 1 aliphatic rings. The lowest BCUT2D eigenvalue weighted by Gasteiger charge is -2.37. The Morgan fingerprint density at radius 2 is 1.81 bits per heavy atom. The first-order valence-electron chi connectivity index (χ1n) is 8.79. The van der Waals surface area contributed by atoms with Crippen LogP contribution in [-0.2, 0) is 5.60 Å². The number of methoxy groups -OCH3 is 2. The normalized spacial score (nSPS) is 19.1. The Kier molecular flexibility index (Phi) is 5.18. The third-order valence-electron chi connectivity index (χ3n) is 5.15. The lowest BCUT2D eigenvalue weighted by atomic mass is 9.86. The molecule has 2 aromatic carbocycles. The Morgan fingerprint density at radius 3 is 2.46 bits per heavy atom. The number of hydrogen-bond donors (Lipinski definition) is 1. The van der Waals surface area contributed by atoms with Gasteiger partial charge in [-0.15, -0.1) is 0 Å². The lowest BCUT2D eigenvalue weighted by molar-refractivity contribution is -0.0177. The van der Waals surface area contributed by atoms with Gasteiger partial charge in [0.1, 0.15) is 17.1 Å². The van der Waals surface area contributed by atoms with E-state index in [-0.39, 0.29) is 11.9 Å². The molecule has 5 nitrogen and oxygen atoms in total. The fraction of sp³-hybridized carbons (Fsp3) is 0.381. The monoisotopic (exact) mass is 355 g/mol. The first-order chi connectivity index (χ1) is 12.5. The largest absolute Gasteiger partial charge is 0.497 e. The molecule has 2 atom stereocenters. The standard InChI is InChI=1S/C21H25NO4/c1-21(24,16-9-11-17(25-2)12-10-16)19-8-5-13-22(19)20(23)15-6-4-7-18(14-15)26-3/h4,6-7,9-12,14,19,24H,5,8,13H2,1-3H3. The van der Waals surface area contributed by atoms with Crippen LogP contribution in [0.4, 0.5) is 0 Å². The summed E-state index contributed by atoms with van der Waals surface area (Å²) in [6.45, 7) is 2.41. The number of carbonyl (C=O) groups excluding carboxylic acids is 1. The van der Waals surface area contributed by atoms with Gasteiger partial charge in [-0.3, -0.25) is 4.79 Å². The van der Waals surface area contributed by atoms with Gasteiger partial charge >= 0.3 is 0 Å². The van der Waals surface area contributed by atoms with Gasteiger partial charge in [0.25, 0.3) is 5.91 Å². The average molecular weight is 355 g/mol. The third kappa shape index (κ3) is 3.40. The lowest BCUT2D eigenvalue weighted by Crippen LogP contribution is -2.48. The maximum atomic E-state index is 13.0. The zero-order valence-corrected chi connectivity index (χ0v) is 15.4. The predicted molar refractivity (Wildman–Crippen MR) is 99.6 cm³/mol. The number of benzene rings is 2. The van der Waals surface area contributed by atoms with Gasteiger partial charge < -0.3 is 19.5 Å². The highest BCUT2D eigenvalue weighted by molar-refractivity contribution is 5.95. The number of amides is 1. The molecule has 1 N–H and O–H groups in total. The summed E-state index contributed by atoms with van der Waals surface area (Å²) >= 11 is 0. The summed E-state index contributed by atoms with van der Waals surface area (Å²) in [5.74, 6) is 1.30. The van der Waals surface area contributed by atoms with Gasteiger partial charge in [0.15, 0.2) is 0 Å². The maximum Gasteiger partial charge on any atom is 0.254 e. The number of likely N-dealkylation sites (tertiary alicyclic amines) is 1. The van der Waals surface area contributed by atoms with Gasteiger partial charge in [-0.05, 0) is 55.7 Å². The Balaban J connectivity index is 1.87. The van der Waals surface area contributed by atoms with Gasteiger partial charge in [0.2, 0.25) is 0 Å². The highest BCUT2D eigenvalue weighted by Crippen LogP contribution is 2.36. The van der Waals surface area contributed by atoms with Crippen molar-refractivity contribution in [3.63, 3.8) is 0 Å². The minimum absolute atomic E-state index is 0.0832. The molecule has 0 saturated carbocycles. The number of aliphatic hydroxyl groups is 1. The molecular formula is C21H25NO4. The molecule has 0 bridgehead atoms. The summed E-state index contributed by atoms with van der Waals surface area (Å²) in [6, 6.07) is 14.2. The van der Waals surface area contributed by atoms with E-state index in [2.05, 4.69) is 0 Å². The van der Waals surface area contributed by atoms with Crippen LogP contribution in [0, 0.1) is 0 Å². The molecule has 1 aliphatic heterocycles. The Hall–Kier alpha value is -2.53. The molecule has 2 unspecified atom stereocenters. The first-order valence-corrected chi connectivity index (χ1v) is 8.79. The van der Waals surface area contributed by atoms with E-state index < -0.39 is 5.60 Å². The van der Waals surface area contributed by atoms with Gasteiger partial charge in [-0.2, -0.15) is 0 Å². The van der Waals surface area contributed by atoms with Crippen LogP contribution in [0.1, 0.15) is 35.7 Å². The van der Waals surface area contributed by atoms with E-state index >= 15 is 0 Å². The SMILES string of the molecule is COc1ccc(C(C)(O)C2CCCN2C(=O)c2cccc(OC)c2)cc1. The van der Waals surface area contributed by atoms with Crippen molar-refractivity contribution in [2.75, 3.05) is 20.8 Å². The molecule has 0 spiro atoms. The summed E-state index contributed by atoms with van der Waals surface area (Å²) < 4.78 is 10.4. The fourth-order valence-corrected chi connectivity index (χ4v) is 3.64. The molecule has 1 fully saturated rings. The second kappa shape index (κ2) is 7.38. The topological polar surface area (TPSA) is 59.0 Å². The molecule has 5 heteroatoms. The third-order valence-corrected chi connectivity index (χ3v) is 5.15. The highest BCUT2D eigenvalue weighted by Gasteiger charge is 2.42. The molecule has 3 rings (SSSR count). The quantitative estimate of drug-likeness (QED) is 0.895. The van der Waals surface area contributed by atoms with E-state index in [0.717, 1.165) is 24.2 Å². The van der Waals surface area contributed by atoms with Crippen LogP contribution < -0.4 is 9.47 Å². The molecule has 1 heterocycles. The Morgan fingerprint density at radius 1 is 1.12 bits per heavy atom.